The fourth-order valence-corrected chi connectivity index (χ4v) is 3.51. The predicted molar refractivity (Wildman–Crippen MR) is 94.9 cm³/mol. The molecule has 144 valence electrons. The molecule has 5 nitrogen and oxygen atoms in total. The van der Waals surface area contributed by atoms with Crippen LogP contribution in [0.1, 0.15) is 47.7 Å². The molecule has 7 heteroatoms. The van der Waals surface area contributed by atoms with Gasteiger partial charge in [-0.3, -0.25) is 9.59 Å². The largest absolute Gasteiger partial charge is 0.452 e. The summed E-state index contributed by atoms with van der Waals surface area (Å²) in [5.74, 6) is -0.333. The van der Waals surface area contributed by atoms with E-state index in [4.69, 9.17) is 9.47 Å². The molecule has 0 unspecified atom stereocenters. The molecule has 4 rings (SSSR count). The minimum atomic E-state index is -2.95. The van der Waals surface area contributed by atoms with Gasteiger partial charge >= 0.3 is 12.6 Å². The third kappa shape index (κ3) is 3.02. The van der Waals surface area contributed by atoms with Crippen molar-refractivity contribution < 1.29 is 32.6 Å². The van der Waals surface area contributed by atoms with Crippen molar-refractivity contribution in [2.24, 2.45) is 0 Å². The zero-order valence-electron chi connectivity index (χ0n) is 15.1. The zero-order chi connectivity index (χ0) is 20.0. The molecular weight excluding hydrogens is 370 g/mol. The van der Waals surface area contributed by atoms with Crippen molar-refractivity contribution in [2.75, 3.05) is 0 Å². The first kappa shape index (κ1) is 18.2. The Morgan fingerprint density at radius 3 is 2.64 bits per heavy atom. The van der Waals surface area contributed by atoms with E-state index in [1.807, 2.05) is 0 Å². The molecule has 28 heavy (non-hydrogen) atoms. The molecule has 0 saturated heterocycles. The number of carbonyl (C=O) groups excluding carboxylic acids is 2. The van der Waals surface area contributed by atoms with Crippen LogP contribution < -0.4 is 14.2 Å². The van der Waals surface area contributed by atoms with Gasteiger partial charge in [-0.15, -0.1) is 0 Å². The molecule has 1 atom stereocenters. The Labute approximate surface area is 159 Å². The van der Waals surface area contributed by atoms with Crippen molar-refractivity contribution >= 4 is 11.8 Å². The van der Waals surface area contributed by atoms with Gasteiger partial charge in [-0.05, 0) is 49.2 Å². The highest BCUT2D eigenvalue weighted by molar-refractivity contribution is 6.13. The topological polar surface area (TPSA) is 61.8 Å². The van der Waals surface area contributed by atoms with E-state index in [0.717, 1.165) is 5.57 Å². The molecule has 2 aliphatic rings. The van der Waals surface area contributed by atoms with Gasteiger partial charge in [0.2, 0.25) is 5.78 Å². The second-order valence-corrected chi connectivity index (χ2v) is 6.80. The van der Waals surface area contributed by atoms with E-state index in [2.05, 4.69) is 4.74 Å². The predicted octanol–water partition coefficient (Wildman–Crippen LogP) is 4.60. The van der Waals surface area contributed by atoms with E-state index in [0.29, 0.717) is 28.2 Å². The van der Waals surface area contributed by atoms with Crippen molar-refractivity contribution in [1.82, 2.24) is 0 Å². The Hall–Kier alpha value is -3.22. The van der Waals surface area contributed by atoms with Crippen LogP contribution in [0, 0.1) is 0 Å². The molecule has 2 heterocycles. The van der Waals surface area contributed by atoms with E-state index in [9.17, 15) is 18.4 Å². The summed E-state index contributed by atoms with van der Waals surface area (Å²) in [6.45, 7) is 0.590. The van der Waals surface area contributed by atoms with Crippen molar-refractivity contribution in [3.8, 4) is 17.2 Å². The Morgan fingerprint density at radius 1 is 1.14 bits per heavy atom. The summed E-state index contributed by atoms with van der Waals surface area (Å²) in [5.41, 5.74) is 2.26. The molecule has 0 spiro atoms. The highest BCUT2D eigenvalue weighted by Gasteiger charge is 2.38. The molecule has 0 N–H and O–H groups in total. The molecule has 0 radical (unpaired) electrons. The van der Waals surface area contributed by atoms with Gasteiger partial charge in [0.1, 0.15) is 17.2 Å². The Morgan fingerprint density at radius 2 is 1.93 bits per heavy atom. The summed E-state index contributed by atoms with van der Waals surface area (Å²) in [4.78, 5) is 24.7. The first-order valence-corrected chi connectivity index (χ1v) is 8.67. The summed E-state index contributed by atoms with van der Waals surface area (Å²) in [7, 11) is 0. The van der Waals surface area contributed by atoms with Crippen LogP contribution in [0.15, 0.2) is 47.7 Å². The molecule has 2 aromatic carbocycles. The van der Waals surface area contributed by atoms with Crippen molar-refractivity contribution in [1.29, 1.82) is 0 Å². The smallest absolute Gasteiger partial charge is 0.387 e. The monoisotopic (exact) mass is 386 g/mol. The maximum Gasteiger partial charge on any atom is 0.387 e. The number of ketones is 1. The molecule has 0 aromatic heterocycles. The maximum absolute atomic E-state index is 12.6. The number of ether oxygens (including phenoxy) is 3. The van der Waals surface area contributed by atoms with Crippen LogP contribution in [0.3, 0.4) is 0 Å². The third-order valence-corrected chi connectivity index (χ3v) is 4.69. The van der Waals surface area contributed by atoms with E-state index in [1.165, 1.54) is 12.1 Å². The molecular formula is C21H16F2O5. The number of hydrogen-bond donors (Lipinski definition) is 0. The fourth-order valence-electron chi connectivity index (χ4n) is 3.51. The van der Waals surface area contributed by atoms with Gasteiger partial charge in [-0.2, -0.15) is 8.78 Å². The third-order valence-electron chi connectivity index (χ3n) is 4.69. The Bertz CT molecular complexity index is 1020. The first-order chi connectivity index (χ1) is 13.3. The number of allylic oxidation sites excluding steroid dienone is 2. The average molecular weight is 386 g/mol. The summed E-state index contributed by atoms with van der Waals surface area (Å²) in [6.07, 6.45) is -0.0106. The summed E-state index contributed by atoms with van der Waals surface area (Å²) >= 11 is 0. The lowest BCUT2D eigenvalue weighted by Crippen LogP contribution is -2.21. The lowest BCUT2D eigenvalue weighted by molar-refractivity contribution is -0.135. The van der Waals surface area contributed by atoms with Crippen LogP contribution in [-0.2, 0) is 4.79 Å². The lowest BCUT2D eigenvalue weighted by atomic mass is 9.84. The minimum Gasteiger partial charge on any atom is -0.452 e. The number of alkyl halides is 2. The number of carbonyl (C=O) groups is 2. The number of hydrogen-bond acceptors (Lipinski definition) is 5. The SMILES string of the molecule is CC(C)=C1Oc2c(ccc3c2[C@@H](c2cccc(OC(F)F)c2)CC(=O)O3)C1=O. The molecule has 0 aliphatic carbocycles. The first-order valence-electron chi connectivity index (χ1n) is 8.67. The number of rotatable bonds is 3. The Kier molecular flexibility index (Phi) is 4.37. The molecule has 0 bridgehead atoms. The van der Waals surface area contributed by atoms with Crippen LogP contribution in [0.2, 0.25) is 0 Å². The van der Waals surface area contributed by atoms with Crippen LogP contribution in [0.25, 0.3) is 0 Å². The van der Waals surface area contributed by atoms with Gasteiger partial charge in [0.05, 0.1) is 12.0 Å². The van der Waals surface area contributed by atoms with Crippen LogP contribution >= 0.6 is 0 Å². The van der Waals surface area contributed by atoms with Crippen LogP contribution in [0.4, 0.5) is 8.78 Å². The molecule has 2 aromatic rings. The summed E-state index contributed by atoms with van der Waals surface area (Å²) < 4.78 is 40.8. The van der Waals surface area contributed by atoms with Gasteiger partial charge in [0.15, 0.2) is 5.76 Å². The van der Waals surface area contributed by atoms with E-state index in [-0.39, 0.29) is 23.7 Å². The van der Waals surface area contributed by atoms with Crippen LogP contribution in [-0.4, -0.2) is 18.4 Å². The van der Waals surface area contributed by atoms with Gasteiger partial charge in [-0.1, -0.05) is 12.1 Å². The number of esters is 1. The van der Waals surface area contributed by atoms with Gasteiger partial charge in [-0.25, -0.2) is 0 Å². The van der Waals surface area contributed by atoms with Crippen molar-refractivity contribution in [2.45, 2.75) is 32.8 Å². The normalized spacial score (nSPS) is 17.8. The minimum absolute atomic E-state index is 0.0106. The van der Waals surface area contributed by atoms with Crippen molar-refractivity contribution in [3.63, 3.8) is 0 Å². The second-order valence-electron chi connectivity index (χ2n) is 6.80. The van der Waals surface area contributed by atoms with Gasteiger partial charge < -0.3 is 14.2 Å². The number of halogens is 2. The standard InChI is InChI=1S/C21H16F2O5/c1-10(2)19-18(25)13-6-7-15-17(20(13)28-19)14(9-16(24)27-15)11-4-3-5-12(8-11)26-21(22)23/h3-8,14,21H,9H2,1-2H3/t14-/m1/s1. The van der Waals surface area contributed by atoms with Gasteiger partial charge in [0, 0.05) is 11.5 Å². The van der Waals surface area contributed by atoms with Gasteiger partial charge in [0.25, 0.3) is 0 Å². The Balaban J connectivity index is 1.85. The van der Waals surface area contributed by atoms with E-state index in [1.54, 1.807) is 38.1 Å². The highest BCUT2D eigenvalue weighted by Crippen LogP contribution is 2.49. The zero-order valence-corrected chi connectivity index (χ0v) is 15.1. The average Bonchev–Trinajstić information content (AvgIpc) is 2.97. The van der Waals surface area contributed by atoms with Crippen molar-refractivity contribution in [3.05, 3.63) is 64.4 Å². The summed E-state index contributed by atoms with van der Waals surface area (Å²) in [6, 6.07) is 9.28. The van der Waals surface area contributed by atoms with Crippen LogP contribution in [0.5, 0.6) is 17.2 Å². The second kappa shape index (κ2) is 6.74. The quantitative estimate of drug-likeness (QED) is 0.438. The lowest BCUT2D eigenvalue weighted by Gasteiger charge is -2.26. The van der Waals surface area contributed by atoms with E-state index < -0.39 is 18.5 Å². The molecule has 0 amide bonds. The number of benzene rings is 2. The fraction of sp³-hybridized carbons (Fsp3) is 0.238. The van der Waals surface area contributed by atoms with E-state index >= 15 is 0 Å². The highest BCUT2D eigenvalue weighted by atomic mass is 19.3. The number of fused-ring (bicyclic) bond motifs is 3. The molecule has 2 aliphatic heterocycles. The summed E-state index contributed by atoms with van der Waals surface area (Å²) in [5, 5.41) is 0. The number of Topliss-reactive ketones (excluding diaryl/α,β-unsaturated/α-hetero) is 1. The maximum atomic E-state index is 12.6. The molecule has 0 fully saturated rings. The molecule has 0 saturated carbocycles.